The van der Waals surface area contributed by atoms with Gasteiger partial charge in [-0.2, -0.15) is 0 Å². The molecular weight excluding hydrogens is 216 g/mol. The Balaban J connectivity index is 2.05. The van der Waals surface area contributed by atoms with Gasteiger partial charge in [0.1, 0.15) is 12.1 Å². The van der Waals surface area contributed by atoms with Crippen LogP contribution >= 0.6 is 0 Å². The Hall–Kier alpha value is -1.65. The second-order valence-electron chi connectivity index (χ2n) is 4.27. The Kier molecular flexibility index (Phi) is 3.90. The number of aromatic nitrogens is 2. The van der Waals surface area contributed by atoms with Crippen LogP contribution in [0.15, 0.2) is 17.5 Å². The first-order chi connectivity index (χ1) is 8.33. The molecule has 5 heteroatoms. The van der Waals surface area contributed by atoms with Gasteiger partial charge in [0.2, 0.25) is 0 Å². The molecule has 1 aromatic heterocycles. The van der Waals surface area contributed by atoms with Gasteiger partial charge in [-0.1, -0.05) is 18.5 Å². The van der Waals surface area contributed by atoms with Crippen molar-refractivity contribution in [2.45, 2.75) is 32.6 Å². The van der Waals surface area contributed by atoms with Crippen molar-refractivity contribution >= 4 is 11.5 Å². The Morgan fingerprint density at radius 1 is 1.35 bits per heavy atom. The summed E-state index contributed by atoms with van der Waals surface area (Å²) < 4.78 is 0. The molecule has 17 heavy (non-hydrogen) atoms. The van der Waals surface area contributed by atoms with E-state index >= 15 is 0 Å². The van der Waals surface area contributed by atoms with Gasteiger partial charge in [-0.3, -0.25) is 0 Å². The van der Waals surface area contributed by atoms with Crippen molar-refractivity contribution in [2.75, 3.05) is 18.0 Å². The van der Waals surface area contributed by atoms with E-state index in [1.165, 1.54) is 0 Å². The van der Waals surface area contributed by atoms with Crippen LogP contribution in [0.3, 0.4) is 0 Å². The number of aryl methyl sites for hydroxylation is 1. The number of anilines is 1. The maximum atomic E-state index is 8.71. The molecule has 1 saturated heterocycles. The van der Waals surface area contributed by atoms with Gasteiger partial charge in [-0.05, 0) is 6.42 Å². The quantitative estimate of drug-likeness (QED) is 0.640. The Morgan fingerprint density at radius 2 is 2.12 bits per heavy atom. The highest BCUT2D eigenvalue weighted by atomic mass is 16.4. The number of nitrogens with zero attached hydrogens (tertiary/aromatic N) is 4. The predicted octanol–water partition coefficient (Wildman–Crippen LogP) is 1.86. The fraction of sp³-hybridized carbons (Fsp3) is 0.583. The molecule has 1 N–H and O–H groups in total. The maximum Gasteiger partial charge on any atom is 0.132 e. The minimum absolute atomic E-state index is 0.809. The fourth-order valence-corrected chi connectivity index (χ4v) is 2.05. The van der Waals surface area contributed by atoms with E-state index < -0.39 is 0 Å². The zero-order valence-electron chi connectivity index (χ0n) is 10.1. The number of piperidine rings is 1. The van der Waals surface area contributed by atoms with Crippen molar-refractivity contribution in [3.8, 4) is 0 Å². The van der Waals surface area contributed by atoms with Crippen LogP contribution in [0.4, 0.5) is 5.82 Å². The van der Waals surface area contributed by atoms with Crippen LogP contribution in [0, 0.1) is 0 Å². The van der Waals surface area contributed by atoms with Gasteiger partial charge in [0.15, 0.2) is 0 Å². The smallest absolute Gasteiger partial charge is 0.132 e. The van der Waals surface area contributed by atoms with Gasteiger partial charge in [-0.25, -0.2) is 9.97 Å². The Labute approximate surface area is 101 Å². The van der Waals surface area contributed by atoms with Crippen molar-refractivity contribution in [3.63, 3.8) is 0 Å². The van der Waals surface area contributed by atoms with Crippen LogP contribution < -0.4 is 4.90 Å². The lowest BCUT2D eigenvalue weighted by atomic mass is 10.1. The van der Waals surface area contributed by atoms with Crippen LogP contribution in [0.5, 0.6) is 0 Å². The van der Waals surface area contributed by atoms with Gasteiger partial charge in [-0.15, -0.1) is 0 Å². The van der Waals surface area contributed by atoms with Gasteiger partial charge in [0.05, 0.1) is 5.71 Å². The summed E-state index contributed by atoms with van der Waals surface area (Å²) in [5, 5.41) is 12.0. The third-order valence-electron chi connectivity index (χ3n) is 3.02. The molecule has 0 saturated carbocycles. The molecule has 0 bridgehead atoms. The first-order valence-electron chi connectivity index (χ1n) is 6.09. The van der Waals surface area contributed by atoms with E-state index in [0.29, 0.717) is 0 Å². The number of oxime groups is 1. The summed E-state index contributed by atoms with van der Waals surface area (Å²) in [6, 6.07) is 2.06. The summed E-state index contributed by atoms with van der Waals surface area (Å²) in [6.07, 6.45) is 5.34. The van der Waals surface area contributed by atoms with Gasteiger partial charge in [0, 0.05) is 37.7 Å². The summed E-state index contributed by atoms with van der Waals surface area (Å²) in [6.45, 7) is 3.87. The van der Waals surface area contributed by atoms with Crippen molar-refractivity contribution in [1.82, 2.24) is 9.97 Å². The van der Waals surface area contributed by atoms with Gasteiger partial charge >= 0.3 is 0 Å². The average Bonchev–Trinajstić information content (AvgIpc) is 2.40. The number of hydrogen-bond acceptors (Lipinski definition) is 5. The molecule has 2 rings (SSSR count). The fourth-order valence-electron chi connectivity index (χ4n) is 2.05. The maximum absolute atomic E-state index is 8.71. The lowest BCUT2D eigenvalue weighted by Crippen LogP contribution is -2.34. The van der Waals surface area contributed by atoms with E-state index in [2.05, 4.69) is 33.0 Å². The van der Waals surface area contributed by atoms with E-state index in [-0.39, 0.29) is 0 Å². The van der Waals surface area contributed by atoms with Crippen LogP contribution in [0.25, 0.3) is 0 Å². The first kappa shape index (κ1) is 11.8. The predicted molar refractivity (Wildman–Crippen MR) is 66.7 cm³/mol. The van der Waals surface area contributed by atoms with Gasteiger partial charge in [0.25, 0.3) is 0 Å². The lowest BCUT2D eigenvalue weighted by molar-refractivity contribution is 0.315. The highest BCUT2D eigenvalue weighted by Gasteiger charge is 2.16. The standard InChI is InChI=1S/C12H18N4O/c1-2-3-11-8-12(14-9-13-11)16-6-4-10(15-17)5-7-16/h8-9,17H,2-7H2,1H3. The summed E-state index contributed by atoms with van der Waals surface area (Å²) in [7, 11) is 0. The molecule has 2 heterocycles. The molecule has 0 aliphatic carbocycles. The molecule has 1 aliphatic rings. The molecule has 1 fully saturated rings. The topological polar surface area (TPSA) is 61.6 Å². The number of rotatable bonds is 3. The van der Waals surface area contributed by atoms with E-state index in [0.717, 1.165) is 56.0 Å². The van der Waals surface area contributed by atoms with Crippen molar-refractivity contribution in [3.05, 3.63) is 18.1 Å². The van der Waals surface area contributed by atoms with Crippen molar-refractivity contribution < 1.29 is 5.21 Å². The number of hydrogen-bond donors (Lipinski definition) is 1. The summed E-state index contributed by atoms with van der Waals surface area (Å²) in [4.78, 5) is 10.8. The summed E-state index contributed by atoms with van der Waals surface area (Å²) in [5.41, 5.74) is 1.98. The second kappa shape index (κ2) is 5.61. The highest BCUT2D eigenvalue weighted by Crippen LogP contribution is 2.17. The first-order valence-corrected chi connectivity index (χ1v) is 6.09. The van der Waals surface area contributed by atoms with Crippen LogP contribution in [-0.4, -0.2) is 34.0 Å². The molecule has 1 aromatic rings. The van der Waals surface area contributed by atoms with E-state index in [4.69, 9.17) is 5.21 Å². The third kappa shape index (κ3) is 2.93. The van der Waals surface area contributed by atoms with Gasteiger partial charge < -0.3 is 10.1 Å². The molecule has 5 nitrogen and oxygen atoms in total. The monoisotopic (exact) mass is 234 g/mol. The van der Waals surface area contributed by atoms with Crippen LogP contribution in [-0.2, 0) is 6.42 Å². The molecule has 0 aromatic carbocycles. The second-order valence-corrected chi connectivity index (χ2v) is 4.27. The molecular formula is C12H18N4O. The van der Waals surface area contributed by atoms with E-state index in [9.17, 15) is 0 Å². The molecule has 92 valence electrons. The van der Waals surface area contributed by atoms with Crippen LogP contribution in [0.2, 0.25) is 0 Å². The molecule has 0 radical (unpaired) electrons. The van der Waals surface area contributed by atoms with Crippen LogP contribution in [0.1, 0.15) is 31.9 Å². The normalized spacial score (nSPS) is 16.1. The van der Waals surface area contributed by atoms with E-state index in [1.807, 2.05) is 0 Å². The minimum Gasteiger partial charge on any atom is -0.411 e. The zero-order chi connectivity index (χ0) is 12.1. The average molecular weight is 234 g/mol. The van der Waals surface area contributed by atoms with Crippen molar-refractivity contribution in [2.24, 2.45) is 5.16 Å². The SMILES string of the molecule is CCCc1cc(N2CCC(=NO)CC2)ncn1. The molecule has 0 unspecified atom stereocenters. The lowest BCUT2D eigenvalue weighted by Gasteiger charge is -2.28. The molecule has 1 aliphatic heterocycles. The Bertz CT molecular complexity index is 395. The third-order valence-corrected chi connectivity index (χ3v) is 3.02. The summed E-state index contributed by atoms with van der Waals surface area (Å²) in [5.74, 6) is 0.987. The zero-order valence-corrected chi connectivity index (χ0v) is 10.1. The molecule has 0 amide bonds. The summed E-state index contributed by atoms with van der Waals surface area (Å²) >= 11 is 0. The highest BCUT2D eigenvalue weighted by molar-refractivity contribution is 5.85. The van der Waals surface area contributed by atoms with Crippen molar-refractivity contribution in [1.29, 1.82) is 0 Å². The molecule has 0 atom stereocenters. The largest absolute Gasteiger partial charge is 0.411 e. The Morgan fingerprint density at radius 3 is 2.76 bits per heavy atom. The minimum atomic E-state index is 0.809. The van der Waals surface area contributed by atoms with E-state index in [1.54, 1.807) is 6.33 Å². The molecule has 0 spiro atoms.